The third kappa shape index (κ3) is 4.39. The second-order valence-corrected chi connectivity index (χ2v) is 6.90. The minimum Gasteiger partial charge on any atom is -0.459 e. The highest BCUT2D eigenvalue weighted by molar-refractivity contribution is 6.09. The summed E-state index contributed by atoms with van der Waals surface area (Å²) in [5, 5.41) is 3.39. The molecule has 1 aliphatic rings. The Balaban J connectivity index is 1.72. The molecule has 1 saturated heterocycles. The van der Waals surface area contributed by atoms with Gasteiger partial charge in [-0.25, -0.2) is 0 Å². The van der Waals surface area contributed by atoms with Gasteiger partial charge in [-0.2, -0.15) is 0 Å². The highest BCUT2D eigenvalue weighted by Crippen LogP contribution is 2.25. The van der Waals surface area contributed by atoms with E-state index in [1.54, 1.807) is 31.3 Å². The van der Waals surface area contributed by atoms with Gasteiger partial charge < -0.3 is 19.5 Å². The zero-order valence-corrected chi connectivity index (χ0v) is 16.0. The van der Waals surface area contributed by atoms with E-state index in [1.165, 1.54) is 11.2 Å². The van der Waals surface area contributed by atoms with Gasteiger partial charge in [0.05, 0.1) is 17.5 Å². The van der Waals surface area contributed by atoms with E-state index in [9.17, 15) is 9.59 Å². The maximum Gasteiger partial charge on any atom is 0.293 e. The molecule has 0 aliphatic carbocycles. The summed E-state index contributed by atoms with van der Waals surface area (Å²) >= 11 is 0. The van der Waals surface area contributed by atoms with Crippen LogP contribution < -0.4 is 10.2 Å². The first-order valence-corrected chi connectivity index (χ1v) is 9.52. The lowest BCUT2D eigenvalue weighted by atomic mass is 9.96. The fraction of sp³-hybridized carbons (Fsp3) is 0.429. The molecule has 144 valence electrons. The van der Waals surface area contributed by atoms with Gasteiger partial charge in [-0.15, -0.1) is 0 Å². The molecule has 0 radical (unpaired) electrons. The van der Waals surface area contributed by atoms with E-state index in [0.29, 0.717) is 17.2 Å². The Hall–Kier alpha value is -2.60. The molecule has 0 saturated carbocycles. The number of carbonyl (C=O) groups excluding carboxylic acids is 2. The van der Waals surface area contributed by atoms with Crippen molar-refractivity contribution in [2.45, 2.75) is 19.8 Å². The second-order valence-electron chi connectivity index (χ2n) is 6.90. The number of piperidine rings is 1. The summed E-state index contributed by atoms with van der Waals surface area (Å²) in [7, 11) is 1.67. The zero-order chi connectivity index (χ0) is 19.2. The van der Waals surface area contributed by atoms with Crippen LogP contribution in [-0.2, 0) is 0 Å². The summed E-state index contributed by atoms with van der Waals surface area (Å²) in [6.45, 7) is 5.59. The number of hydrogen-bond donors (Lipinski definition) is 1. The largest absolute Gasteiger partial charge is 0.459 e. The van der Waals surface area contributed by atoms with Crippen molar-refractivity contribution in [2.75, 3.05) is 38.1 Å². The molecule has 6 heteroatoms. The Morgan fingerprint density at radius 2 is 1.93 bits per heavy atom. The van der Waals surface area contributed by atoms with Crippen LogP contribution in [0.1, 0.15) is 40.7 Å². The molecule has 0 bridgehead atoms. The maximum absolute atomic E-state index is 13.1. The Labute approximate surface area is 160 Å². The second kappa shape index (κ2) is 8.86. The topological polar surface area (TPSA) is 65.8 Å². The minimum atomic E-state index is -0.274. The first kappa shape index (κ1) is 19.2. The summed E-state index contributed by atoms with van der Waals surface area (Å²) in [6, 6.07) is 10.6. The number of amides is 2. The van der Waals surface area contributed by atoms with Crippen molar-refractivity contribution in [3.05, 3.63) is 54.0 Å². The normalized spacial score (nSPS) is 15.0. The Kier molecular flexibility index (Phi) is 6.29. The third-order valence-corrected chi connectivity index (χ3v) is 5.12. The lowest BCUT2D eigenvalue weighted by Gasteiger charge is -2.33. The molecule has 0 spiro atoms. The molecule has 1 aromatic carbocycles. The number of nitrogens with zero attached hydrogens (tertiary/aromatic N) is 2. The fourth-order valence-electron chi connectivity index (χ4n) is 3.48. The Bertz CT molecular complexity index is 765. The number of nitrogens with one attached hydrogen (secondary N) is 1. The molecule has 2 aromatic rings. The molecule has 3 rings (SSSR count). The van der Waals surface area contributed by atoms with Crippen molar-refractivity contribution < 1.29 is 14.0 Å². The monoisotopic (exact) mass is 369 g/mol. The van der Waals surface area contributed by atoms with Gasteiger partial charge in [0.1, 0.15) is 0 Å². The number of rotatable bonds is 6. The summed E-state index contributed by atoms with van der Waals surface area (Å²) in [6.07, 6.45) is 3.47. The molecule has 1 fully saturated rings. The van der Waals surface area contributed by atoms with E-state index in [2.05, 4.69) is 12.2 Å². The number of likely N-dealkylation sites (tertiary alicyclic amines) is 1. The first-order chi connectivity index (χ1) is 13.1. The summed E-state index contributed by atoms with van der Waals surface area (Å²) in [5.74, 6) is 0.577. The van der Waals surface area contributed by atoms with Crippen LogP contribution in [0.2, 0.25) is 0 Å². The lowest BCUT2D eigenvalue weighted by molar-refractivity contribution is 0.0691. The number of carbonyl (C=O) groups is 2. The smallest absolute Gasteiger partial charge is 0.293 e. The predicted octanol–water partition coefficient (Wildman–Crippen LogP) is 3.02. The molecule has 1 aromatic heterocycles. The van der Waals surface area contributed by atoms with E-state index < -0.39 is 0 Å². The molecule has 2 heterocycles. The molecule has 27 heavy (non-hydrogen) atoms. The van der Waals surface area contributed by atoms with Crippen LogP contribution in [0, 0.1) is 5.92 Å². The molecule has 1 N–H and O–H groups in total. The number of para-hydroxylation sites is 1. The molecule has 0 unspecified atom stereocenters. The van der Waals surface area contributed by atoms with Gasteiger partial charge in [0.2, 0.25) is 0 Å². The van der Waals surface area contributed by atoms with Gasteiger partial charge in [0.25, 0.3) is 11.8 Å². The highest BCUT2D eigenvalue weighted by Gasteiger charge is 2.27. The molecular weight excluding hydrogens is 342 g/mol. The fourth-order valence-corrected chi connectivity index (χ4v) is 3.48. The Morgan fingerprint density at radius 1 is 1.19 bits per heavy atom. The van der Waals surface area contributed by atoms with Crippen LogP contribution >= 0.6 is 0 Å². The highest BCUT2D eigenvalue weighted by atomic mass is 16.3. The maximum atomic E-state index is 13.1. The van der Waals surface area contributed by atoms with E-state index in [4.69, 9.17) is 4.42 Å². The summed E-state index contributed by atoms with van der Waals surface area (Å²) in [5.41, 5.74) is 1.14. The SMILES string of the molecule is CCNCC1CCN(C(=O)c2ccccc2N(C)C(=O)c2ccco2)CC1. The van der Waals surface area contributed by atoms with E-state index in [0.717, 1.165) is 39.0 Å². The lowest BCUT2D eigenvalue weighted by Crippen LogP contribution is -2.41. The summed E-state index contributed by atoms with van der Waals surface area (Å²) in [4.78, 5) is 29.1. The van der Waals surface area contributed by atoms with Crippen LogP contribution in [0.25, 0.3) is 0 Å². The van der Waals surface area contributed by atoms with Crippen molar-refractivity contribution >= 4 is 17.5 Å². The van der Waals surface area contributed by atoms with E-state index in [-0.39, 0.29) is 17.6 Å². The minimum absolute atomic E-state index is 0.0217. The van der Waals surface area contributed by atoms with Crippen LogP contribution in [0.3, 0.4) is 0 Å². The average molecular weight is 369 g/mol. The average Bonchev–Trinajstić information content (AvgIpc) is 3.26. The van der Waals surface area contributed by atoms with E-state index >= 15 is 0 Å². The van der Waals surface area contributed by atoms with Gasteiger partial charge >= 0.3 is 0 Å². The molecule has 2 amide bonds. The summed E-state index contributed by atoms with van der Waals surface area (Å²) < 4.78 is 5.21. The van der Waals surface area contributed by atoms with Gasteiger partial charge in [-0.1, -0.05) is 19.1 Å². The van der Waals surface area contributed by atoms with Crippen molar-refractivity contribution in [2.24, 2.45) is 5.92 Å². The molecule has 0 atom stereocenters. The standard InChI is InChI=1S/C21H27N3O3/c1-3-22-15-16-10-12-24(13-11-16)20(25)17-7-4-5-8-18(17)23(2)21(26)19-9-6-14-27-19/h4-9,14,16,22H,3,10-13,15H2,1-2H3. The van der Waals surface area contributed by atoms with Crippen molar-refractivity contribution in [3.8, 4) is 0 Å². The van der Waals surface area contributed by atoms with E-state index in [1.807, 2.05) is 17.0 Å². The van der Waals surface area contributed by atoms with Gasteiger partial charge in [-0.05, 0) is 56.1 Å². The zero-order valence-electron chi connectivity index (χ0n) is 16.0. The van der Waals surface area contributed by atoms with Crippen molar-refractivity contribution in [3.63, 3.8) is 0 Å². The molecular formula is C21H27N3O3. The first-order valence-electron chi connectivity index (χ1n) is 9.52. The number of furan rings is 1. The molecule has 6 nitrogen and oxygen atoms in total. The van der Waals surface area contributed by atoms with Crippen LogP contribution in [0.4, 0.5) is 5.69 Å². The number of benzene rings is 1. The van der Waals surface area contributed by atoms with Crippen LogP contribution in [0.5, 0.6) is 0 Å². The number of hydrogen-bond acceptors (Lipinski definition) is 4. The van der Waals surface area contributed by atoms with Crippen molar-refractivity contribution in [1.29, 1.82) is 0 Å². The van der Waals surface area contributed by atoms with Gasteiger partial charge in [0.15, 0.2) is 5.76 Å². The quantitative estimate of drug-likeness (QED) is 0.850. The molecule has 1 aliphatic heterocycles. The van der Waals surface area contributed by atoms with Crippen LogP contribution in [-0.4, -0.2) is 49.9 Å². The van der Waals surface area contributed by atoms with Crippen molar-refractivity contribution in [1.82, 2.24) is 10.2 Å². The van der Waals surface area contributed by atoms with Gasteiger partial charge in [-0.3, -0.25) is 9.59 Å². The van der Waals surface area contributed by atoms with Gasteiger partial charge in [0, 0.05) is 20.1 Å². The Morgan fingerprint density at radius 3 is 2.59 bits per heavy atom. The number of anilines is 1. The predicted molar refractivity (Wildman–Crippen MR) is 105 cm³/mol. The third-order valence-electron chi connectivity index (χ3n) is 5.12. The van der Waals surface area contributed by atoms with Crippen LogP contribution in [0.15, 0.2) is 47.1 Å².